The Hall–Kier alpha value is -1.68. The molecule has 3 nitrogen and oxygen atoms in total. The first-order valence-electron chi connectivity index (χ1n) is 5.75. The van der Waals surface area contributed by atoms with E-state index in [0.29, 0.717) is 5.75 Å². The molecule has 0 aliphatic carbocycles. The molecule has 0 unspecified atom stereocenters. The molecule has 1 atom stereocenters. The topological polar surface area (TPSA) is 42.2 Å². The molecule has 0 aliphatic rings. The Kier molecular flexibility index (Phi) is 4.47. The van der Waals surface area contributed by atoms with Crippen LogP contribution in [0.1, 0.15) is 12.7 Å². The van der Waals surface area contributed by atoms with Crippen molar-refractivity contribution in [2.45, 2.75) is 17.9 Å². The van der Waals surface area contributed by atoms with Crippen LogP contribution in [0.25, 0.3) is 0 Å². The van der Waals surface area contributed by atoms with E-state index in [1.807, 2.05) is 49.4 Å². The summed E-state index contributed by atoms with van der Waals surface area (Å²) < 4.78 is 5.23. The highest BCUT2D eigenvalue weighted by Gasteiger charge is 2.14. The van der Waals surface area contributed by atoms with E-state index in [1.165, 1.54) is 0 Å². The molecule has 1 amide bonds. The van der Waals surface area contributed by atoms with E-state index >= 15 is 0 Å². The zero-order valence-electron chi connectivity index (χ0n) is 10.1. The molecular formula is C14H15NO2S. The summed E-state index contributed by atoms with van der Waals surface area (Å²) in [6.07, 6.45) is 1.64. The van der Waals surface area contributed by atoms with Gasteiger partial charge in [-0.3, -0.25) is 4.79 Å². The van der Waals surface area contributed by atoms with Crippen molar-refractivity contribution >= 4 is 23.4 Å². The number of para-hydroxylation sites is 1. The Morgan fingerprint density at radius 1 is 1.28 bits per heavy atom. The highest BCUT2D eigenvalue weighted by Crippen LogP contribution is 2.19. The third-order valence-corrected chi connectivity index (χ3v) is 3.63. The number of hydrogen-bond acceptors (Lipinski definition) is 3. The fraction of sp³-hybridized carbons (Fsp3) is 0.214. The predicted octanol–water partition coefficient (Wildman–Crippen LogP) is 3.54. The number of rotatable bonds is 5. The second-order valence-electron chi connectivity index (χ2n) is 3.89. The van der Waals surface area contributed by atoms with E-state index in [4.69, 9.17) is 4.42 Å². The van der Waals surface area contributed by atoms with Crippen LogP contribution in [0.5, 0.6) is 0 Å². The Balaban J connectivity index is 1.82. The zero-order valence-corrected chi connectivity index (χ0v) is 10.9. The highest BCUT2D eigenvalue weighted by molar-refractivity contribution is 7.99. The molecule has 1 N–H and O–H groups in total. The lowest BCUT2D eigenvalue weighted by atomic mass is 10.3. The maximum atomic E-state index is 11.9. The molecule has 4 heteroatoms. The number of carbonyl (C=O) groups is 1. The van der Waals surface area contributed by atoms with Gasteiger partial charge in [0.2, 0.25) is 5.91 Å². The molecule has 2 aromatic rings. The van der Waals surface area contributed by atoms with Gasteiger partial charge in [0.15, 0.2) is 0 Å². The van der Waals surface area contributed by atoms with Gasteiger partial charge in [0, 0.05) is 5.69 Å². The van der Waals surface area contributed by atoms with Crippen LogP contribution in [0, 0.1) is 0 Å². The van der Waals surface area contributed by atoms with Crippen LogP contribution in [0.15, 0.2) is 53.1 Å². The van der Waals surface area contributed by atoms with Crippen molar-refractivity contribution in [1.29, 1.82) is 0 Å². The van der Waals surface area contributed by atoms with E-state index in [0.717, 1.165) is 11.4 Å². The number of hydrogen-bond donors (Lipinski definition) is 1. The van der Waals surface area contributed by atoms with Gasteiger partial charge >= 0.3 is 0 Å². The second kappa shape index (κ2) is 6.31. The Bertz CT molecular complexity index is 482. The molecule has 1 aromatic heterocycles. The van der Waals surface area contributed by atoms with Crippen LogP contribution in [0.4, 0.5) is 5.69 Å². The summed E-state index contributed by atoms with van der Waals surface area (Å²) in [7, 11) is 0. The number of carbonyl (C=O) groups excluding carboxylic acids is 1. The lowest BCUT2D eigenvalue weighted by Gasteiger charge is -2.11. The van der Waals surface area contributed by atoms with Gasteiger partial charge in [0.05, 0.1) is 17.3 Å². The summed E-state index contributed by atoms with van der Waals surface area (Å²) in [5.41, 5.74) is 0.827. The largest absolute Gasteiger partial charge is 0.468 e. The summed E-state index contributed by atoms with van der Waals surface area (Å²) in [6.45, 7) is 1.89. The Morgan fingerprint density at radius 3 is 2.72 bits per heavy atom. The highest BCUT2D eigenvalue weighted by atomic mass is 32.2. The lowest BCUT2D eigenvalue weighted by molar-refractivity contribution is -0.115. The van der Waals surface area contributed by atoms with E-state index in [9.17, 15) is 4.79 Å². The van der Waals surface area contributed by atoms with Crippen molar-refractivity contribution < 1.29 is 9.21 Å². The van der Waals surface area contributed by atoms with Gasteiger partial charge in [0.25, 0.3) is 0 Å². The second-order valence-corrected chi connectivity index (χ2v) is 5.22. The van der Waals surface area contributed by atoms with Crippen LogP contribution in [-0.2, 0) is 10.5 Å². The van der Waals surface area contributed by atoms with Crippen molar-refractivity contribution in [2.75, 3.05) is 5.32 Å². The van der Waals surface area contributed by atoms with Crippen molar-refractivity contribution in [2.24, 2.45) is 0 Å². The summed E-state index contributed by atoms with van der Waals surface area (Å²) >= 11 is 1.56. The first-order valence-corrected chi connectivity index (χ1v) is 6.80. The van der Waals surface area contributed by atoms with E-state index in [-0.39, 0.29) is 11.2 Å². The SMILES string of the molecule is C[C@@H](SCc1ccco1)C(=O)Nc1ccccc1. The third-order valence-electron chi connectivity index (χ3n) is 2.47. The monoisotopic (exact) mass is 261 g/mol. The summed E-state index contributed by atoms with van der Waals surface area (Å²) in [4.78, 5) is 11.9. The first kappa shape index (κ1) is 12.8. The molecule has 1 aromatic carbocycles. The Labute approximate surface area is 111 Å². The van der Waals surface area contributed by atoms with Gasteiger partial charge in [-0.25, -0.2) is 0 Å². The van der Waals surface area contributed by atoms with Crippen molar-refractivity contribution in [3.63, 3.8) is 0 Å². The standard InChI is InChI=1S/C14H15NO2S/c1-11(18-10-13-8-5-9-17-13)14(16)15-12-6-3-2-4-7-12/h2-9,11H,10H2,1H3,(H,15,16)/t11-/m1/s1. The molecule has 1 heterocycles. The minimum atomic E-state index is -0.115. The molecule has 2 rings (SSSR count). The predicted molar refractivity (Wildman–Crippen MR) is 74.5 cm³/mol. The molecule has 0 saturated carbocycles. The van der Waals surface area contributed by atoms with Gasteiger partial charge in [-0.05, 0) is 31.2 Å². The van der Waals surface area contributed by atoms with Crippen LogP contribution < -0.4 is 5.32 Å². The fourth-order valence-corrected chi connectivity index (χ4v) is 2.23. The van der Waals surface area contributed by atoms with E-state index < -0.39 is 0 Å². The zero-order chi connectivity index (χ0) is 12.8. The van der Waals surface area contributed by atoms with Crippen LogP contribution in [0.2, 0.25) is 0 Å². The quantitative estimate of drug-likeness (QED) is 0.895. The molecule has 0 saturated heterocycles. The first-order chi connectivity index (χ1) is 8.75. The van der Waals surface area contributed by atoms with E-state index in [1.54, 1.807) is 18.0 Å². The van der Waals surface area contributed by atoms with E-state index in [2.05, 4.69) is 5.32 Å². The average molecular weight is 261 g/mol. The molecule has 0 spiro atoms. The lowest BCUT2D eigenvalue weighted by Crippen LogP contribution is -2.22. The molecular weight excluding hydrogens is 246 g/mol. The number of nitrogens with one attached hydrogen (secondary N) is 1. The molecule has 0 aliphatic heterocycles. The summed E-state index contributed by atoms with van der Waals surface area (Å²) in [5, 5.41) is 2.77. The number of furan rings is 1. The normalized spacial score (nSPS) is 12.1. The molecule has 94 valence electrons. The number of amides is 1. The van der Waals surface area contributed by atoms with Gasteiger partial charge in [-0.1, -0.05) is 18.2 Å². The summed E-state index contributed by atoms with van der Waals surface area (Å²) in [6, 6.07) is 13.2. The fourth-order valence-electron chi connectivity index (χ4n) is 1.44. The molecule has 18 heavy (non-hydrogen) atoms. The van der Waals surface area contributed by atoms with Gasteiger partial charge in [-0.15, -0.1) is 11.8 Å². The van der Waals surface area contributed by atoms with Gasteiger partial charge in [-0.2, -0.15) is 0 Å². The van der Waals surface area contributed by atoms with Crippen molar-refractivity contribution in [3.8, 4) is 0 Å². The molecule has 0 bridgehead atoms. The maximum Gasteiger partial charge on any atom is 0.237 e. The third kappa shape index (κ3) is 3.67. The number of thioether (sulfide) groups is 1. The minimum absolute atomic E-state index is 0.0118. The molecule has 0 radical (unpaired) electrons. The summed E-state index contributed by atoms with van der Waals surface area (Å²) in [5.74, 6) is 1.60. The molecule has 0 fully saturated rings. The average Bonchev–Trinajstić information content (AvgIpc) is 2.90. The number of anilines is 1. The van der Waals surface area contributed by atoms with Gasteiger partial charge < -0.3 is 9.73 Å². The smallest absolute Gasteiger partial charge is 0.237 e. The maximum absolute atomic E-state index is 11.9. The Morgan fingerprint density at radius 2 is 2.06 bits per heavy atom. The van der Waals surface area contributed by atoms with Crippen LogP contribution >= 0.6 is 11.8 Å². The van der Waals surface area contributed by atoms with Crippen molar-refractivity contribution in [1.82, 2.24) is 0 Å². The van der Waals surface area contributed by atoms with Crippen LogP contribution in [0.3, 0.4) is 0 Å². The van der Waals surface area contributed by atoms with Gasteiger partial charge in [0.1, 0.15) is 5.76 Å². The number of benzene rings is 1. The van der Waals surface area contributed by atoms with Crippen LogP contribution in [-0.4, -0.2) is 11.2 Å². The van der Waals surface area contributed by atoms with Crippen molar-refractivity contribution in [3.05, 3.63) is 54.5 Å². The minimum Gasteiger partial charge on any atom is -0.468 e.